The highest BCUT2D eigenvalue weighted by atomic mass is 127. The molecule has 0 radical (unpaired) electrons. The molecule has 0 amide bonds. The van der Waals surface area contributed by atoms with Gasteiger partial charge in [0.25, 0.3) is 0 Å². The predicted octanol–water partition coefficient (Wildman–Crippen LogP) is 4.02. The van der Waals surface area contributed by atoms with E-state index in [0.717, 1.165) is 5.56 Å². The molecule has 0 saturated heterocycles. The third kappa shape index (κ3) is 7.29. The average molecular weight is 527 g/mol. The van der Waals surface area contributed by atoms with E-state index < -0.39 is 6.61 Å². The lowest BCUT2D eigenvalue weighted by Gasteiger charge is -2.14. The van der Waals surface area contributed by atoms with Gasteiger partial charge in [-0.3, -0.25) is 9.67 Å². The summed E-state index contributed by atoms with van der Waals surface area (Å²) in [5, 5.41) is 10.7. The molecule has 1 heterocycles. The molecule has 3 aromatic rings. The number of ether oxygens (including phenoxy) is 1. The zero-order valence-electron chi connectivity index (χ0n) is 16.5. The number of guanidine groups is 1. The second-order valence-electron chi connectivity index (χ2n) is 6.30. The molecule has 0 aliphatic rings. The van der Waals surface area contributed by atoms with Gasteiger partial charge in [0.1, 0.15) is 5.75 Å². The highest BCUT2D eigenvalue weighted by Gasteiger charge is 2.09. The molecule has 0 unspecified atom stereocenters. The Morgan fingerprint density at radius 2 is 1.73 bits per heavy atom. The first-order valence-corrected chi connectivity index (χ1v) is 9.16. The van der Waals surface area contributed by atoms with Crippen LogP contribution in [0.25, 0.3) is 0 Å². The molecule has 160 valence electrons. The zero-order valence-corrected chi connectivity index (χ0v) is 18.8. The van der Waals surface area contributed by atoms with Gasteiger partial charge in [-0.2, -0.15) is 13.9 Å². The van der Waals surface area contributed by atoms with Crippen molar-refractivity contribution in [3.8, 4) is 5.75 Å². The molecule has 0 aliphatic heterocycles. The molecule has 6 nitrogen and oxygen atoms in total. The van der Waals surface area contributed by atoms with E-state index in [1.54, 1.807) is 31.4 Å². The van der Waals surface area contributed by atoms with Crippen molar-refractivity contribution < 1.29 is 13.5 Å². The van der Waals surface area contributed by atoms with Gasteiger partial charge >= 0.3 is 6.61 Å². The minimum atomic E-state index is -2.86. The first-order valence-electron chi connectivity index (χ1n) is 9.16. The van der Waals surface area contributed by atoms with Crippen LogP contribution in [-0.4, -0.2) is 29.4 Å². The molecule has 0 fully saturated rings. The lowest BCUT2D eigenvalue weighted by Crippen LogP contribution is -2.36. The number of aromatic nitrogens is 2. The summed E-state index contributed by atoms with van der Waals surface area (Å²) in [5.74, 6) is 0.695. The number of aliphatic imine (C=N–C) groups is 1. The molecule has 0 saturated carbocycles. The first kappa shape index (κ1) is 23.6. The van der Waals surface area contributed by atoms with Crippen molar-refractivity contribution in [2.45, 2.75) is 26.2 Å². The van der Waals surface area contributed by atoms with E-state index in [9.17, 15) is 8.78 Å². The largest absolute Gasteiger partial charge is 0.434 e. The number of benzene rings is 2. The number of alkyl halides is 2. The normalized spacial score (nSPS) is 11.1. The minimum absolute atomic E-state index is 0. The van der Waals surface area contributed by atoms with E-state index in [2.05, 4.69) is 37.6 Å². The molecule has 0 bridgehead atoms. The van der Waals surface area contributed by atoms with E-state index >= 15 is 0 Å². The SMILES string of the molecule is CN=C(NCc1cnn(Cc2ccccc2)c1)NCc1ccccc1OC(F)F.I. The van der Waals surface area contributed by atoms with E-state index in [-0.39, 0.29) is 29.7 Å². The summed E-state index contributed by atoms with van der Waals surface area (Å²) in [6, 6.07) is 16.8. The highest BCUT2D eigenvalue weighted by Crippen LogP contribution is 2.19. The molecule has 3 rings (SSSR count). The summed E-state index contributed by atoms with van der Waals surface area (Å²) in [4.78, 5) is 4.16. The zero-order chi connectivity index (χ0) is 20.5. The summed E-state index contributed by atoms with van der Waals surface area (Å²) in [7, 11) is 1.65. The molecule has 9 heteroatoms. The van der Waals surface area contributed by atoms with Crippen molar-refractivity contribution in [2.75, 3.05) is 7.05 Å². The van der Waals surface area contributed by atoms with Crippen LogP contribution >= 0.6 is 24.0 Å². The molecule has 2 N–H and O–H groups in total. The maximum Gasteiger partial charge on any atom is 0.387 e. The quantitative estimate of drug-likeness (QED) is 0.264. The molecular formula is C21H24F2IN5O. The maximum absolute atomic E-state index is 12.5. The number of hydrogen-bond acceptors (Lipinski definition) is 3. The first-order chi connectivity index (χ1) is 14.1. The second kappa shape index (κ2) is 12.1. The summed E-state index contributed by atoms with van der Waals surface area (Å²) in [5.41, 5.74) is 2.80. The summed E-state index contributed by atoms with van der Waals surface area (Å²) in [6.07, 6.45) is 3.77. The molecule has 30 heavy (non-hydrogen) atoms. The van der Waals surface area contributed by atoms with Crippen LogP contribution in [-0.2, 0) is 19.6 Å². The van der Waals surface area contributed by atoms with E-state index in [1.165, 1.54) is 11.6 Å². The van der Waals surface area contributed by atoms with Gasteiger partial charge in [0.05, 0.1) is 12.7 Å². The molecule has 0 atom stereocenters. The minimum Gasteiger partial charge on any atom is -0.434 e. The van der Waals surface area contributed by atoms with Crippen LogP contribution in [0.5, 0.6) is 5.75 Å². The number of nitrogens with one attached hydrogen (secondary N) is 2. The Morgan fingerprint density at radius 1 is 1.03 bits per heavy atom. The van der Waals surface area contributed by atoms with Crippen LogP contribution in [0.2, 0.25) is 0 Å². The molecule has 0 spiro atoms. The van der Waals surface area contributed by atoms with E-state index in [0.29, 0.717) is 31.2 Å². The third-order valence-electron chi connectivity index (χ3n) is 4.19. The van der Waals surface area contributed by atoms with Gasteiger partial charge < -0.3 is 15.4 Å². The van der Waals surface area contributed by atoms with Crippen molar-refractivity contribution in [1.29, 1.82) is 0 Å². The van der Waals surface area contributed by atoms with Gasteiger partial charge in [-0.15, -0.1) is 24.0 Å². The van der Waals surface area contributed by atoms with Crippen LogP contribution in [0, 0.1) is 0 Å². The van der Waals surface area contributed by atoms with E-state index in [4.69, 9.17) is 0 Å². The fraction of sp³-hybridized carbons (Fsp3) is 0.238. The number of rotatable bonds is 8. The fourth-order valence-electron chi connectivity index (χ4n) is 2.80. The maximum atomic E-state index is 12.5. The van der Waals surface area contributed by atoms with Gasteiger partial charge in [-0.25, -0.2) is 0 Å². The molecule has 2 aromatic carbocycles. The fourth-order valence-corrected chi connectivity index (χ4v) is 2.80. The van der Waals surface area contributed by atoms with Crippen molar-refractivity contribution in [3.63, 3.8) is 0 Å². The lowest BCUT2D eigenvalue weighted by molar-refractivity contribution is -0.0504. The van der Waals surface area contributed by atoms with Gasteiger partial charge in [0.15, 0.2) is 5.96 Å². The second-order valence-corrected chi connectivity index (χ2v) is 6.30. The van der Waals surface area contributed by atoms with Gasteiger partial charge in [0.2, 0.25) is 0 Å². The van der Waals surface area contributed by atoms with Crippen LogP contribution in [0.15, 0.2) is 72.0 Å². The third-order valence-corrected chi connectivity index (χ3v) is 4.19. The number of para-hydroxylation sites is 1. The Morgan fingerprint density at radius 3 is 2.47 bits per heavy atom. The number of nitrogens with zero attached hydrogens (tertiary/aromatic N) is 3. The van der Waals surface area contributed by atoms with Crippen LogP contribution < -0.4 is 15.4 Å². The monoisotopic (exact) mass is 527 g/mol. The number of hydrogen-bond donors (Lipinski definition) is 2. The Kier molecular flexibility index (Phi) is 9.52. The predicted molar refractivity (Wildman–Crippen MR) is 123 cm³/mol. The van der Waals surface area contributed by atoms with Crippen molar-refractivity contribution in [2.24, 2.45) is 4.99 Å². The van der Waals surface area contributed by atoms with Crippen molar-refractivity contribution in [3.05, 3.63) is 83.7 Å². The average Bonchev–Trinajstić information content (AvgIpc) is 3.17. The van der Waals surface area contributed by atoms with Crippen LogP contribution in [0.3, 0.4) is 0 Å². The topological polar surface area (TPSA) is 63.5 Å². The summed E-state index contributed by atoms with van der Waals surface area (Å²) in [6.45, 7) is -1.32. The standard InChI is InChI=1S/C21H23F2N5O.HI/c1-24-21(26-13-18-9-5-6-10-19(18)29-20(22)23)25-11-17-12-27-28(15-17)14-16-7-3-2-4-8-16;/h2-10,12,15,20H,11,13-14H2,1H3,(H2,24,25,26);1H. The van der Waals surface area contributed by atoms with Crippen molar-refractivity contribution in [1.82, 2.24) is 20.4 Å². The molecule has 1 aromatic heterocycles. The van der Waals surface area contributed by atoms with Crippen LogP contribution in [0.1, 0.15) is 16.7 Å². The summed E-state index contributed by atoms with van der Waals surface area (Å²) < 4.78 is 31.5. The van der Waals surface area contributed by atoms with Crippen molar-refractivity contribution >= 4 is 29.9 Å². The molecule has 0 aliphatic carbocycles. The highest BCUT2D eigenvalue weighted by molar-refractivity contribution is 14.0. The Bertz CT molecular complexity index is 934. The molecular weight excluding hydrogens is 503 g/mol. The smallest absolute Gasteiger partial charge is 0.387 e. The lowest BCUT2D eigenvalue weighted by atomic mass is 10.2. The van der Waals surface area contributed by atoms with Gasteiger partial charge in [-0.05, 0) is 11.6 Å². The Labute approximate surface area is 191 Å². The van der Waals surface area contributed by atoms with Gasteiger partial charge in [-0.1, -0.05) is 48.5 Å². The van der Waals surface area contributed by atoms with Gasteiger partial charge in [0, 0.05) is 37.5 Å². The Balaban J connectivity index is 0.00000320. The number of halogens is 3. The van der Waals surface area contributed by atoms with Crippen LogP contribution in [0.4, 0.5) is 8.78 Å². The van der Waals surface area contributed by atoms with E-state index in [1.807, 2.05) is 29.1 Å². The Hall–Kier alpha value is -2.69. The summed E-state index contributed by atoms with van der Waals surface area (Å²) >= 11 is 0.